The third-order valence-electron chi connectivity index (χ3n) is 7.08. The molecule has 184 valence electrons. The number of aromatic nitrogens is 1. The van der Waals surface area contributed by atoms with E-state index in [9.17, 15) is 13.2 Å². The number of pyridine rings is 1. The van der Waals surface area contributed by atoms with Crippen LogP contribution in [0.5, 0.6) is 0 Å². The lowest BCUT2D eigenvalue weighted by molar-refractivity contribution is 0.0979. The third kappa shape index (κ3) is 4.69. The quantitative estimate of drug-likeness (QED) is 0.674. The molecule has 2 atom stereocenters. The first kappa shape index (κ1) is 24.6. The van der Waals surface area contributed by atoms with Gasteiger partial charge in [-0.1, -0.05) is 25.1 Å². The normalized spacial score (nSPS) is 22.8. The van der Waals surface area contributed by atoms with E-state index in [1.165, 1.54) is 4.31 Å². The SMILES string of the molecule is Cc1cccc(-c2ccc(C(=O)NS(=O)(=O)N3CC[C@H](N)C3)c(N3C[C@@H](C)CC3(C)C)n2)c1C. The Labute approximate surface area is 202 Å². The van der Waals surface area contributed by atoms with Crippen molar-refractivity contribution >= 4 is 21.9 Å². The third-order valence-corrected chi connectivity index (χ3v) is 8.53. The molecule has 2 aliphatic heterocycles. The van der Waals surface area contributed by atoms with Crippen molar-refractivity contribution in [3.63, 3.8) is 0 Å². The van der Waals surface area contributed by atoms with Crippen LogP contribution in [0.15, 0.2) is 30.3 Å². The number of hydrogen-bond donors (Lipinski definition) is 2. The Balaban J connectivity index is 1.76. The number of carbonyl (C=O) groups is 1. The number of benzene rings is 1. The van der Waals surface area contributed by atoms with Gasteiger partial charge in [0.15, 0.2) is 0 Å². The standard InChI is InChI=1S/C25H35N5O3S/c1-16-13-25(4,5)30(14-16)23-21(24(31)28-34(32,33)29-12-11-19(26)15-29)9-10-22(27-23)20-8-6-7-17(2)18(20)3/h6-10,16,19H,11-15,26H2,1-5H3,(H,28,31)/t16-,19-/m0/s1. The Hall–Kier alpha value is -2.49. The fourth-order valence-electron chi connectivity index (χ4n) is 5.18. The van der Waals surface area contributed by atoms with E-state index in [1.807, 2.05) is 12.1 Å². The summed E-state index contributed by atoms with van der Waals surface area (Å²) in [6.45, 7) is 11.8. The van der Waals surface area contributed by atoms with Crippen molar-refractivity contribution in [3.05, 3.63) is 47.0 Å². The van der Waals surface area contributed by atoms with Crippen LogP contribution < -0.4 is 15.4 Å². The van der Waals surface area contributed by atoms with E-state index >= 15 is 0 Å². The fourth-order valence-corrected chi connectivity index (χ4v) is 6.39. The largest absolute Gasteiger partial charge is 0.351 e. The fraction of sp³-hybridized carbons (Fsp3) is 0.520. The van der Waals surface area contributed by atoms with Crippen molar-refractivity contribution < 1.29 is 13.2 Å². The van der Waals surface area contributed by atoms with Gasteiger partial charge in [0.1, 0.15) is 5.82 Å². The van der Waals surface area contributed by atoms with Gasteiger partial charge in [0.25, 0.3) is 5.91 Å². The van der Waals surface area contributed by atoms with Crippen LogP contribution in [0.1, 0.15) is 55.1 Å². The molecule has 4 rings (SSSR count). The van der Waals surface area contributed by atoms with Crippen LogP contribution in [-0.2, 0) is 10.2 Å². The highest BCUT2D eigenvalue weighted by Gasteiger charge is 2.40. The number of carbonyl (C=O) groups excluding carboxylic acids is 1. The summed E-state index contributed by atoms with van der Waals surface area (Å²) in [5.41, 5.74) is 9.95. The number of nitrogens with one attached hydrogen (secondary N) is 1. The first-order valence-corrected chi connectivity index (χ1v) is 13.3. The Bertz CT molecular complexity index is 1210. The molecule has 8 nitrogen and oxygen atoms in total. The summed E-state index contributed by atoms with van der Waals surface area (Å²) >= 11 is 0. The highest BCUT2D eigenvalue weighted by Crippen LogP contribution is 2.38. The van der Waals surface area contributed by atoms with Crippen molar-refractivity contribution in [2.75, 3.05) is 24.5 Å². The number of amides is 1. The van der Waals surface area contributed by atoms with Gasteiger partial charge in [0.2, 0.25) is 0 Å². The molecule has 0 bridgehead atoms. The van der Waals surface area contributed by atoms with E-state index in [0.29, 0.717) is 24.7 Å². The van der Waals surface area contributed by atoms with Crippen LogP contribution in [0.25, 0.3) is 11.3 Å². The van der Waals surface area contributed by atoms with E-state index in [2.05, 4.69) is 50.3 Å². The zero-order valence-corrected chi connectivity index (χ0v) is 21.4. The minimum absolute atomic E-state index is 0.204. The molecular weight excluding hydrogens is 450 g/mol. The molecule has 2 aromatic rings. The van der Waals surface area contributed by atoms with E-state index in [0.717, 1.165) is 35.3 Å². The molecule has 0 saturated carbocycles. The molecule has 34 heavy (non-hydrogen) atoms. The first-order chi connectivity index (χ1) is 15.9. The van der Waals surface area contributed by atoms with E-state index in [-0.39, 0.29) is 23.7 Å². The molecule has 2 fully saturated rings. The van der Waals surface area contributed by atoms with Crippen LogP contribution >= 0.6 is 0 Å². The topological polar surface area (TPSA) is 109 Å². The van der Waals surface area contributed by atoms with Gasteiger partial charge in [-0.05, 0) is 69.7 Å². The molecule has 2 saturated heterocycles. The van der Waals surface area contributed by atoms with Crippen molar-refractivity contribution in [1.82, 2.24) is 14.0 Å². The lowest BCUT2D eigenvalue weighted by atomic mass is 9.97. The van der Waals surface area contributed by atoms with Crippen molar-refractivity contribution in [2.24, 2.45) is 11.7 Å². The smallest absolute Gasteiger partial charge is 0.304 e. The zero-order chi connectivity index (χ0) is 24.8. The molecule has 1 aromatic carbocycles. The highest BCUT2D eigenvalue weighted by molar-refractivity contribution is 7.87. The second kappa shape index (κ2) is 8.94. The first-order valence-electron chi connectivity index (χ1n) is 11.8. The van der Waals surface area contributed by atoms with Crippen molar-refractivity contribution in [2.45, 2.75) is 59.0 Å². The number of hydrogen-bond acceptors (Lipinski definition) is 6. The van der Waals surface area contributed by atoms with E-state index in [1.54, 1.807) is 12.1 Å². The predicted molar refractivity (Wildman–Crippen MR) is 135 cm³/mol. The van der Waals surface area contributed by atoms with Gasteiger partial charge in [0, 0.05) is 36.8 Å². The molecule has 2 aliphatic rings. The summed E-state index contributed by atoms with van der Waals surface area (Å²) in [7, 11) is -3.99. The van der Waals surface area contributed by atoms with Gasteiger partial charge in [-0.15, -0.1) is 0 Å². The maximum absolute atomic E-state index is 13.3. The Kier molecular flexibility index (Phi) is 6.48. The monoisotopic (exact) mass is 485 g/mol. The molecule has 0 unspecified atom stereocenters. The van der Waals surface area contributed by atoms with Crippen LogP contribution in [0, 0.1) is 19.8 Å². The molecule has 1 amide bonds. The van der Waals surface area contributed by atoms with Crippen molar-refractivity contribution in [3.8, 4) is 11.3 Å². The average molecular weight is 486 g/mol. The number of rotatable bonds is 5. The molecule has 0 radical (unpaired) electrons. The number of aryl methyl sites for hydroxylation is 1. The van der Waals surface area contributed by atoms with E-state index in [4.69, 9.17) is 10.7 Å². The lowest BCUT2D eigenvalue weighted by Gasteiger charge is -2.34. The maximum atomic E-state index is 13.3. The van der Waals surface area contributed by atoms with Gasteiger partial charge in [-0.25, -0.2) is 9.71 Å². The second-order valence-electron chi connectivity index (χ2n) is 10.4. The summed E-state index contributed by atoms with van der Waals surface area (Å²) in [6, 6.07) is 9.35. The van der Waals surface area contributed by atoms with Crippen molar-refractivity contribution in [1.29, 1.82) is 0 Å². The van der Waals surface area contributed by atoms with Crippen LogP contribution in [0.4, 0.5) is 5.82 Å². The molecule has 1 aromatic heterocycles. The van der Waals surface area contributed by atoms with Crippen LogP contribution in [0.3, 0.4) is 0 Å². The molecule has 0 spiro atoms. The molecular formula is C25H35N5O3S. The number of nitrogens with zero attached hydrogens (tertiary/aromatic N) is 3. The number of anilines is 1. The minimum Gasteiger partial charge on any atom is -0.351 e. The summed E-state index contributed by atoms with van der Waals surface area (Å²) in [6.07, 6.45) is 1.53. The van der Waals surface area contributed by atoms with Gasteiger partial charge in [0.05, 0.1) is 11.3 Å². The van der Waals surface area contributed by atoms with Gasteiger partial charge in [-0.3, -0.25) is 4.79 Å². The Morgan fingerprint density at radius 1 is 1.18 bits per heavy atom. The average Bonchev–Trinajstić information content (AvgIpc) is 3.31. The number of nitrogens with two attached hydrogens (primary N) is 1. The predicted octanol–water partition coefficient (Wildman–Crippen LogP) is 3.00. The molecule has 9 heteroatoms. The summed E-state index contributed by atoms with van der Waals surface area (Å²) < 4.78 is 29.2. The summed E-state index contributed by atoms with van der Waals surface area (Å²) in [5, 5.41) is 0. The lowest BCUT2D eigenvalue weighted by Crippen LogP contribution is -2.44. The summed E-state index contributed by atoms with van der Waals surface area (Å²) in [4.78, 5) is 20.4. The molecule has 0 aliphatic carbocycles. The molecule has 3 N–H and O–H groups in total. The zero-order valence-electron chi connectivity index (χ0n) is 20.6. The van der Waals surface area contributed by atoms with Gasteiger partial charge >= 0.3 is 10.2 Å². The van der Waals surface area contributed by atoms with Gasteiger partial charge in [-0.2, -0.15) is 12.7 Å². The molecule has 3 heterocycles. The van der Waals surface area contributed by atoms with E-state index < -0.39 is 16.1 Å². The summed E-state index contributed by atoms with van der Waals surface area (Å²) in [5.74, 6) is 0.260. The second-order valence-corrected chi connectivity index (χ2v) is 12.1. The highest BCUT2D eigenvalue weighted by atomic mass is 32.2. The maximum Gasteiger partial charge on any atom is 0.304 e. The van der Waals surface area contributed by atoms with Gasteiger partial charge < -0.3 is 10.6 Å². The Morgan fingerprint density at radius 3 is 2.53 bits per heavy atom. The minimum atomic E-state index is -3.99. The van der Waals surface area contributed by atoms with Crippen LogP contribution in [0.2, 0.25) is 0 Å². The van der Waals surface area contributed by atoms with Crippen LogP contribution in [-0.4, -0.2) is 54.8 Å². The Morgan fingerprint density at radius 2 is 1.91 bits per heavy atom.